The average molecular weight is 357 g/mol. The third-order valence-electron chi connectivity index (χ3n) is 3.79. The zero-order chi connectivity index (χ0) is 18.5. The van der Waals surface area contributed by atoms with Crippen LogP contribution in [0.3, 0.4) is 0 Å². The molecule has 3 amide bonds. The van der Waals surface area contributed by atoms with E-state index in [1.165, 1.54) is 18.2 Å². The summed E-state index contributed by atoms with van der Waals surface area (Å²) in [6.45, 7) is 2.13. The van der Waals surface area contributed by atoms with Gasteiger partial charge >= 0.3 is 6.03 Å². The largest absolute Gasteiger partial charge is 0.492 e. The van der Waals surface area contributed by atoms with Gasteiger partial charge in [0.25, 0.3) is 5.91 Å². The lowest BCUT2D eigenvalue weighted by molar-refractivity contribution is 0.102. The maximum absolute atomic E-state index is 13.4. The van der Waals surface area contributed by atoms with E-state index < -0.39 is 5.82 Å². The predicted molar refractivity (Wildman–Crippen MR) is 97.1 cm³/mol. The topological polar surface area (TPSA) is 79.5 Å². The average Bonchev–Trinajstić information content (AvgIpc) is 3.41. The number of anilines is 2. The number of benzene rings is 2. The summed E-state index contributed by atoms with van der Waals surface area (Å²) in [5.74, 6) is -0.568. The summed E-state index contributed by atoms with van der Waals surface area (Å²) in [4.78, 5) is 24.3. The summed E-state index contributed by atoms with van der Waals surface area (Å²) in [6, 6.07) is 10.5. The molecule has 3 N–H and O–H groups in total. The van der Waals surface area contributed by atoms with Gasteiger partial charge in [-0.3, -0.25) is 4.79 Å². The first-order valence-electron chi connectivity index (χ1n) is 8.46. The summed E-state index contributed by atoms with van der Waals surface area (Å²) in [7, 11) is 0. The number of hydrogen-bond acceptors (Lipinski definition) is 3. The van der Waals surface area contributed by atoms with Crippen LogP contribution >= 0.6 is 0 Å². The van der Waals surface area contributed by atoms with Gasteiger partial charge in [-0.2, -0.15) is 0 Å². The van der Waals surface area contributed by atoms with E-state index in [0.717, 1.165) is 12.8 Å². The van der Waals surface area contributed by atoms with Crippen molar-refractivity contribution in [1.29, 1.82) is 0 Å². The van der Waals surface area contributed by atoms with E-state index in [2.05, 4.69) is 16.0 Å². The Morgan fingerprint density at radius 2 is 1.96 bits per heavy atom. The van der Waals surface area contributed by atoms with E-state index in [1.54, 1.807) is 31.2 Å². The zero-order valence-corrected chi connectivity index (χ0v) is 14.3. The van der Waals surface area contributed by atoms with Crippen LogP contribution in [0, 0.1) is 5.82 Å². The number of amides is 3. The molecule has 1 saturated carbocycles. The fourth-order valence-corrected chi connectivity index (χ4v) is 2.39. The van der Waals surface area contributed by atoms with E-state index >= 15 is 0 Å². The van der Waals surface area contributed by atoms with E-state index in [0.29, 0.717) is 23.5 Å². The second-order valence-electron chi connectivity index (χ2n) is 5.98. The van der Waals surface area contributed by atoms with Crippen molar-refractivity contribution in [3.05, 3.63) is 53.8 Å². The van der Waals surface area contributed by atoms with Crippen LogP contribution in [0.2, 0.25) is 0 Å². The Kier molecular flexibility index (Phi) is 5.36. The predicted octanol–water partition coefficient (Wildman–Crippen LogP) is 3.76. The quantitative estimate of drug-likeness (QED) is 0.736. The number of carbonyl (C=O) groups excluding carboxylic acids is 2. The monoisotopic (exact) mass is 357 g/mol. The number of ether oxygens (including phenoxy) is 1. The number of urea groups is 1. The SMILES string of the molecule is CCOc1cc(F)ccc1NC(=O)c1cccc(NC(=O)NC2CC2)c1. The third kappa shape index (κ3) is 4.72. The molecule has 0 bridgehead atoms. The van der Waals surface area contributed by atoms with Gasteiger partial charge in [0, 0.05) is 23.4 Å². The van der Waals surface area contributed by atoms with Crippen LogP contribution in [0.4, 0.5) is 20.6 Å². The summed E-state index contributed by atoms with van der Waals surface area (Å²) in [5.41, 5.74) is 1.25. The first-order chi connectivity index (χ1) is 12.5. The molecule has 0 aromatic heterocycles. The molecule has 0 saturated heterocycles. The minimum Gasteiger partial charge on any atom is -0.492 e. The van der Waals surface area contributed by atoms with Crippen molar-refractivity contribution in [1.82, 2.24) is 5.32 Å². The molecule has 2 aromatic carbocycles. The van der Waals surface area contributed by atoms with Crippen LogP contribution in [-0.4, -0.2) is 24.6 Å². The van der Waals surface area contributed by atoms with Crippen LogP contribution in [0.25, 0.3) is 0 Å². The van der Waals surface area contributed by atoms with Crippen LogP contribution in [-0.2, 0) is 0 Å². The second kappa shape index (κ2) is 7.86. The maximum atomic E-state index is 13.4. The van der Waals surface area contributed by atoms with Crippen molar-refractivity contribution in [3.8, 4) is 5.75 Å². The molecule has 0 heterocycles. The Morgan fingerprint density at radius 3 is 2.69 bits per heavy atom. The van der Waals surface area contributed by atoms with Crippen molar-refractivity contribution in [3.63, 3.8) is 0 Å². The number of nitrogens with one attached hydrogen (secondary N) is 3. The first-order valence-corrected chi connectivity index (χ1v) is 8.46. The molecule has 0 unspecified atom stereocenters. The zero-order valence-electron chi connectivity index (χ0n) is 14.3. The maximum Gasteiger partial charge on any atom is 0.319 e. The number of hydrogen-bond donors (Lipinski definition) is 3. The highest BCUT2D eigenvalue weighted by Crippen LogP contribution is 2.26. The van der Waals surface area contributed by atoms with Gasteiger partial charge < -0.3 is 20.7 Å². The van der Waals surface area contributed by atoms with Crippen molar-refractivity contribution in [2.45, 2.75) is 25.8 Å². The number of rotatable bonds is 6. The van der Waals surface area contributed by atoms with Crippen molar-refractivity contribution < 1.29 is 18.7 Å². The van der Waals surface area contributed by atoms with Gasteiger partial charge in [0.1, 0.15) is 11.6 Å². The Balaban J connectivity index is 1.69. The summed E-state index contributed by atoms with van der Waals surface area (Å²) in [5, 5.41) is 8.22. The molecule has 0 radical (unpaired) electrons. The minimum absolute atomic E-state index is 0.247. The highest BCUT2D eigenvalue weighted by atomic mass is 19.1. The molecule has 1 aliphatic rings. The molecule has 3 rings (SSSR count). The lowest BCUT2D eigenvalue weighted by Gasteiger charge is -2.12. The fourth-order valence-electron chi connectivity index (χ4n) is 2.39. The molecule has 1 aliphatic carbocycles. The van der Waals surface area contributed by atoms with E-state index in [1.807, 2.05) is 0 Å². The smallest absolute Gasteiger partial charge is 0.319 e. The summed E-state index contributed by atoms with van der Waals surface area (Å²) in [6.07, 6.45) is 1.99. The van der Waals surface area contributed by atoms with Gasteiger partial charge in [0.2, 0.25) is 0 Å². The van der Waals surface area contributed by atoms with Crippen LogP contribution in [0.15, 0.2) is 42.5 Å². The molecule has 1 fully saturated rings. The lowest BCUT2D eigenvalue weighted by atomic mass is 10.1. The number of halogens is 1. The van der Waals surface area contributed by atoms with E-state index in [-0.39, 0.29) is 23.7 Å². The van der Waals surface area contributed by atoms with Crippen LogP contribution in [0.1, 0.15) is 30.1 Å². The van der Waals surface area contributed by atoms with Gasteiger partial charge in [-0.05, 0) is 50.1 Å². The number of carbonyl (C=O) groups is 2. The lowest BCUT2D eigenvalue weighted by Crippen LogP contribution is -2.30. The van der Waals surface area contributed by atoms with Gasteiger partial charge in [0.05, 0.1) is 12.3 Å². The van der Waals surface area contributed by atoms with Gasteiger partial charge in [-0.15, -0.1) is 0 Å². The molecular formula is C19H20FN3O3. The van der Waals surface area contributed by atoms with Crippen LogP contribution in [0.5, 0.6) is 5.75 Å². The molecule has 136 valence electrons. The second-order valence-corrected chi connectivity index (χ2v) is 5.98. The summed E-state index contributed by atoms with van der Waals surface area (Å²) >= 11 is 0. The molecule has 0 spiro atoms. The van der Waals surface area contributed by atoms with E-state index in [4.69, 9.17) is 4.74 Å². The Morgan fingerprint density at radius 1 is 1.15 bits per heavy atom. The molecule has 26 heavy (non-hydrogen) atoms. The molecule has 6 nitrogen and oxygen atoms in total. The van der Waals surface area contributed by atoms with Crippen LogP contribution < -0.4 is 20.7 Å². The van der Waals surface area contributed by atoms with Crippen molar-refractivity contribution in [2.24, 2.45) is 0 Å². The summed E-state index contributed by atoms with van der Waals surface area (Å²) < 4.78 is 18.7. The van der Waals surface area contributed by atoms with Crippen molar-refractivity contribution in [2.75, 3.05) is 17.2 Å². The highest BCUT2D eigenvalue weighted by Gasteiger charge is 2.23. The fraction of sp³-hybridized carbons (Fsp3) is 0.263. The third-order valence-corrected chi connectivity index (χ3v) is 3.79. The van der Waals surface area contributed by atoms with Gasteiger partial charge in [-0.1, -0.05) is 6.07 Å². The standard InChI is InChI=1S/C19H20FN3O3/c1-2-26-17-11-13(20)6-9-16(17)23-18(24)12-4-3-5-15(10-12)22-19(25)21-14-7-8-14/h3-6,9-11,14H,2,7-8H2,1H3,(H,23,24)(H2,21,22,25). The minimum atomic E-state index is -0.445. The first kappa shape index (κ1) is 17.7. The molecule has 0 aliphatic heterocycles. The molecule has 7 heteroatoms. The normalized spacial score (nSPS) is 13.0. The Bertz CT molecular complexity index is 821. The Hall–Kier alpha value is -3.09. The molecule has 0 atom stereocenters. The Labute approximate surface area is 150 Å². The van der Waals surface area contributed by atoms with Gasteiger partial charge in [-0.25, -0.2) is 9.18 Å². The molecular weight excluding hydrogens is 337 g/mol. The van der Waals surface area contributed by atoms with Gasteiger partial charge in [0.15, 0.2) is 0 Å². The highest BCUT2D eigenvalue weighted by molar-refractivity contribution is 6.06. The molecule has 2 aromatic rings. The van der Waals surface area contributed by atoms with Crippen molar-refractivity contribution >= 4 is 23.3 Å². The van der Waals surface area contributed by atoms with E-state index in [9.17, 15) is 14.0 Å².